The van der Waals surface area contributed by atoms with Gasteiger partial charge in [-0.05, 0) is 38.5 Å². The maximum atomic E-state index is 13.0. The number of carbonyl (C=O) groups is 2. The number of benzene rings is 2. The summed E-state index contributed by atoms with van der Waals surface area (Å²) in [5.74, 6) is 0.0723. The molecule has 0 bridgehead atoms. The lowest BCUT2D eigenvalue weighted by molar-refractivity contribution is -0.0467. The number of hydrogen-bond donors (Lipinski definition) is 1. The quantitative estimate of drug-likeness (QED) is 0.830. The van der Waals surface area contributed by atoms with Gasteiger partial charge in [-0.3, -0.25) is 9.69 Å². The highest BCUT2D eigenvalue weighted by molar-refractivity contribution is 5.94. The fourth-order valence-electron chi connectivity index (χ4n) is 4.79. The normalized spacial score (nSPS) is 20.8. The molecule has 1 atom stereocenters. The van der Waals surface area contributed by atoms with Crippen molar-refractivity contribution in [3.8, 4) is 0 Å². The van der Waals surface area contributed by atoms with E-state index in [4.69, 9.17) is 0 Å². The minimum absolute atomic E-state index is 0.0430. The molecular weight excluding hydrogens is 388 g/mol. The number of rotatable bonds is 3. The van der Waals surface area contributed by atoms with Gasteiger partial charge in [-0.15, -0.1) is 0 Å². The molecule has 0 radical (unpaired) electrons. The average Bonchev–Trinajstić information content (AvgIpc) is 2.77. The molecule has 164 valence electrons. The molecule has 0 unspecified atom stereocenters. The molecule has 31 heavy (non-hydrogen) atoms. The van der Waals surface area contributed by atoms with Gasteiger partial charge in [0.15, 0.2) is 0 Å². The van der Waals surface area contributed by atoms with E-state index in [1.54, 1.807) is 0 Å². The Balaban J connectivity index is 1.42. The fraction of sp³-hybridized carbons (Fsp3) is 0.440. The van der Waals surface area contributed by atoms with Gasteiger partial charge >= 0.3 is 6.03 Å². The number of piperazine rings is 2. The Morgan fingerprint density at radius 1 is 0.968 bits per heavy atom. The molecule has 2 aliphatic heterocycles. The predicted molar refractivity (Wildman–Crippen MR) is 122 cm³/mol. The summed E-state index contributed by atoms with van der Waals surface area (Å²) in [5.41, 5.74) is 2.83. The van der Waals surface area contributed by atoms with Crippen LogP contribution < -0.4 is 5.32 Å². The van der Waals surface area contributed by atoms with Crippen molar-refractivity contribution in [3.63, 3.8) is 0 Å². The molecular formula is C25H32N4O2. The van der Waals surface area contributed by atoms with Gasteiger partial charge in [0.2, 0.25) is 0 Å². The summed E-state index contributed by atoms with van der Waals surface area (Å²) in [6, 6.07) is 17.8. The third-order valence-corrected chi connectivity index (χ3v) is 6.43. The fourth-order valence-corrected chi connectivity index (χ4v) is 4.79. The number of carbonyl (C=O) groups excluding carboxylic acids is 2. The Hall–Kier alpha value is -2.86. The molecule has 0 spiro atoms. The predicted octanol–water partition coefficient (Wildman–Crippen LogP) is 3.13. The number of urea groups is 1. The Morgan fingerprint density at radius 3 is 2.35 bits per heavy atom. The van der Waals surface area contributed by atoms with Crippen molar-refractivity contribution in [2.75, 3.05) is 32.7 Å². The summed E-state index contributed by atoms with van der Waals surface area (Å²) in [6.07, 6.45) is 0. The first-order chi connectivity index (χ1) is 14.8. The SMILES string of the molecule is Cc1ccc(C(=O)N2CCN3[C@H](CN(C(=O)NCc4ccccc4)CC3(C)C)C2)cc1. The Morgan fingerprint density at radius 2 is 1.65 bits per heavy atom. The molecule has 2 aliphatic rings. The van der Waals surface area contributed by atoms with E-state index in [9.17, 15) is 9.59 Å². The topological polar surface area (TPSA) is 55.9 Å². The first kappa shape index (κ1) is 21.4. The van der Waals surface area contributed by atoms with E-state index >= 15 is 0 Å². The van der Waals surface area contributed by atoms with Gasteiger partial charge in [-0.2, -0.15) is 0 Å². The lowest BCUT2D eigenvalue weighted by Crippen LogP contribution is -2.71. The molecule has 2 aromatic carbocycles. The third-order valence-electron chi connectivity index (χ3n) is 6.43. The van der Waals surface area contributed by atoms with Crippen LogP contribution in [0, 0.1) is 6.92 Å². The van der Waals surface area contributed by atoms with Gasteiger partial charge in [0.25, 0.3) is 5.91 Å². The highest BCUT2D eigenvalue weighted by Gasteiger charge is 2.44. The smallest absolute Gasteiger partial charge is 0.317 e. The van der Waals surface area contributed by atoms with Crippen LogP contribution in [0.4, 0.5) is 4.79 Å². The van der Waals surface area contributed by atoms with Gasteiger partial charge in [0, 0.05) is 56.4 Å². The average molecular weight is 421 g/mol. The highest BCUT2D eigenvalue weighted by atomic mass is 16.2. The summed E-state index contributed by atoms with van der Waals surface area (Å²) in [6.45, 7) is 10.4. The maximum Gasteiger partial charge on any atom is 0.317 e. The first-order valence-corrected chi connectivity index (χ1v) is 11.0. The molecule has 2 aromatic rings. The van der Waals surface area contributed by atoms with Gasteiger partial charge in [0.05, 0.1) is 0 Å². The van der Waals surface area contributed by atoms with Crippen LogP contribution in [-0.2, 0) is 6.54 Å². The van der Waals surface area contributed by atoms with E-state index in [0.717, 1.165) is 23.2 Å². The number of hydrogen-bond acceptors (Lipinski definition) is 3. The van der Waals surface area contributed by atoms with Crippen LogP contribution in [0.5, 0.6) is 0 Å². The standard InChI is InChI=1S/C25H32N4O2/c1-19-9-11-21(12-10-19)23(30)27-13-14-29-22(16-27)17-28(18-25(29,2)3)24(31)26-15-20-7-5-4-6-8-20/h4-12,22H,13-18H2,1-3H3,(H,26,31)/t22-/m0/s1. The largest absolute Gasteiger partial charge is 0.336 e. The molecule has 0 aliphatic carbocycles. The summed E-state index contributed by atoms with van der Waals surface area (Å²) < 4.78 is 0. The number of nitrogens with one attached hydrogen (secondary N) is 1. The zero-order chi connectivity index (χ0) is 22.0. The monoisotopic (exact) mass is 420 g/mol. The van der Waals surface area contributed by atoms with Crippen LogP contribution in [0.1, 0.15) is 35.3 Å². The van der Waals surface area contributed by atoms with Gasteiger partial charge < -0.3 is 15.1 Å². The van der Waals surface area contributed by atoms with Crippen LogP contribution in [-0.4, -0.2) is 70.9 Å². The van der Waals surface area contributed by atoms with Crippen LogP contribution >= 0.6 is 0 Å². The molecule has 6 nitrogen and oxygen atoms in total. The number of fused-ring (bicyclic) bond motifs is 1. The minimum Gasteiger partial charge on any atom is -0.336 e. The second-order valence-electron chi connectivity index (χ2n) is 9.30. The minimum atomic E-state index is -0.133. The van der Waals surface area contributed by atoms with Crippen molar-refractivity contribution < 1.29 is 9.59 Å². The van der Waals surface area contributed by atoms with Crippen molar-refractivity contribution in [3.05, 3.63) is 71.3 Å². The van der Waals surface area contributed by atoms with Crippen LogP contribution in [0.3, 0.4) is 0 Å². The van der Waals surface area contributed by atoms with Gasteiger partial charge in [0.1, 0.15) is 0 Å². The van der Waals surface area contributed by atoms with Crippen LogP contribution in [0.15, 0.2) is 54.6 Å². The van der Waals surface area contributed by atoms with Crippen molar-refractivity contribution in [1.82, 2.24) is 20.0 Å². The molecule has 4 rings (SSSR count). The van der Waals surface area contributed by atoms with Gasteiger partial charge in [-0.1, -0.05) is 48.0 Å². The summed E-state index contributed by atoms with van der Waals surface area (Å²) in [7, 11) is 0. The van der Waals surface area contributed by atoms with Crippen molar-refractivity contribution in [2.45, 2.75) is 38.9 Å². The summed E-state index contributed by atoms with van der Waals surface area (Å²) in [4.78, 5) is 32.3. The molecule has 6 heteroatoms. The number of nitrogens with zero attached hydrogens (tertiary/aromatic N) is 3. The second kappa shape index (κ2) is 8.71. The summed E-state index contributed by atoms with van der Waals surface area (Å²) in [5, 5.41) is 3.05. The highest BCUT2D eigenvalue weighted by Crippen LogP contribution is 2.28. The molecule has 3 amide bonds. The van der Waals surface area contributed by atoms with Crippen LogP contribution in [0.25, 0.3) is 0 Å². The summed E-state index contributed by atoms with van der Waals surface area (Å²) >= 11 is 0. The Bertz CT molecular complexity index is 926. The van der Waals surface area contributed by atoms with Crippen molar-refractivity contribution in [2.24, 2.45) is 0 Å². The first-order valence-electron chi connectivity index (χ1n) is 11.0. The zero-order valence-corrected chi connectivity index (χ0v) is 18.7. The molecule has 0 saturated carbocycles. The Labute approximate surface area is 184 Å². The van der Waals surface area contributed by atoms with E-state index in [0.29, 0.717) is 32.7 Å². The van der Waals surface area contributed by atoms with Crippen LogP contribution in [0.2, 0.25) is 0 Å². The lowest BCUT2D eigenvalue weighted by Gasteiger charge is -2.55. The molecule has 2 fully saturated rings. The van der Waals surface area contributed by atoms with Crippen molar-refractivity contribution in [1.29, 1.82) is 0 Å². The molecule has 2 saturated heterocycles. The van der Waals surface area contributed by atoms with Gasteiger partial charge in [-0.25, -0.2) is 4.79 Å². The molecule has 2 heterocycles. The number of aryl methyl sites for hydroxylation is 1. The van der Waals surface area contributed by atoms with E-state index in [1.165, 1.54) is 0 Å². The van der Waals surface area contributed by atoms with Crippen molar-refractivity contribution >= 4 is 11.9 Å². The molecule has 1 N–H and O–H groups in total. The van der Waals surface area contributed by atoms with E-state index < -0.39 is 0 Å². The maximum absolute atomic E-state index is 13.0. The zero-order valence-electron chi connectivity index (χ0n) is 18.7. The van der Waals surface area contributed by atoms with E-state index in [2.05, 4.69) is 24.1 Å². The number of amides is 3. The second-order valence-corrected chi connectivity index (χ2v) is 9.30. The third kappa shape index (κ3) is 4.74. The van der Waals surface area contributed by atoms with E-state index in [1.807, 2.05) is 71.3 Å². The Kier molecular flexibility index (Phi) is 6.01. The molecule has 0 aromatic heterocycles. The van der Waals surface area contributed by atoms with E-state index in [-0.39, 0.29) is 23.5 Å². The lowest BCUT2D eigenvalue weighted by atomic mass is 9.92.